The van der Waals surface area contributed by atoms with Crippen LogP contribution >= 0.6 is 0 Å². The van der Waals surface area contributed by atoms with Gasteiger partial charge < -0.3 is 9.15 Å². The molecule has 0 aliphatic heterocycles. The third-order valence-electron chi connectivity index (χ3n) is 3.84. The van der Waals surface area contributed by atoms with Gasteiger partial charge >= 0.3 is 5.95 Å². The minimum Gasteiger partial charge on any atom is -0.464 e. The van der Waals surface area contributed by atoms with Crippen LogP contribution in [0.2, 0.25) is 0 Å². The van der Waals surface area contributed by atoms with Gasteiger partial charge in [-0.05, 0) is 19.1 Å². The van der Waals surface area contributed by atoms with Crippen LogP contribution in [0.3, 0.4) is 0 Å². The molecule has 3 aromatic heterocycles. The topological polar surface area (TPSA) is 78.9 Å². The van der Waals surface area contributed by atoms with E-state index in [4.69, 9.17) is 9.15 Å². The quantitative estimate of drug-likeness (QED) is 0.520. The van der Waals surface area contributed by atoms with Crippen LogP contribution in [0.4, 0.5) is 4.39 Å². The zero-order chi connectivity index (χ0) is 18.6. The lowest BCUT2D eigenvalue weighted by Crippen LogP contribution is -2.06. The minimum atomic E-state index is -0.307. The first-order valence-electron chi connectivity index (χ1n) is 8.42. The standard InChI is InChI=1S/C19H16FN5O2/c1-2-26-17-11-23-19(27-17)16-10-15(18-21-8-5-9-22-18)24-25(16)12-13-6-3-4-7-14(13)20/h3-11H,2,12H2,1H3. The van der Waals surface area contributed by atoms with Gasteiger partial charge in [-0.2, -0.15) is 5.10 Å². The highest BCUT2D eigenvalue weighted by Crippen LogP contribution is 2.27. The highest BCUT2D eigenvalue weighted by molar-refractivity contribution is 5.59. The molecular formula is C19H16FN5O2. The van der Waals surface area contributed by atoms with Crippen molar-refractivity contribution in [2.45, 2.75) is 13.5 Å². The van der Waals surface area contributed by atoms with Crippen molar-refractivity contribution in [1.29, 1.82) is 0 Å². The molecule has 4 rings (SSSR count). The lowest BCUT2D eigenvalue weighted by atomic mass is 10.2. The Morgan fingerprint density at radius 2 is 1.93 bits per heavy atom. The van der Waals surface area contributed by atoms with Gasteiger partial charge in [-0.15, -0.1) is 0 Å². The van der Waals surface area contributed by atoms with E-state index in [1.807, 2.05) is 6.92 Å². The number of benzene rings is 1. The number of aromatic nitrogens is 5. The van der Waals surface area contributed by atoms with E-state index in [0.29, 0.717) is 41.2 Å². The second-order valence-electron chi connectivity index (χ2n) is 5.65. The molecule has 0 aliphatic carbocycles. The summed E-state index contributed by atoms with van der Waals surface area (Å²) in [6.07, 6.45) is 4.77. The Morgan fingerprint density at radius 1 is 1.11 bits per heavy atom. The van der Waals surface area contributed by atoms with Crippen molar-refractivity contribution in [3.05, 3.63) is 66.4 Å². The van der Waals surface area contributed by atoms with E-state index in [9.17, 15) is 4.39 Å². The number of hydrogen-bond donors (Lipinski definition) is 0. The van der Waals surface area contributed by atoms with Gasteiger partial charge in [0.05, 0.1) is 13.2 Å². The molecule has 136 valence electrons. The molecule has 0 aliphatic rings. The van der Waals surface area contributed by atoms with Gasteiger partial charge in [-0.1, -0.05) is 18.2 Å². The maximum absolute atomic E-state index is 14.1. The monoisotopic (exact) mass is 365 g/mol. The molecule has 7 nitrogen and oxygen atoms in total. The van der Waals surface area contributed by atoms with E-state index >= 15 is 0 Å². The fourth-order valence-corrected chi connectivity index (χ4v) is 2.62. The Kier molecular flexibility index (Phi) is 4.61. The Morgan fingerprint density at radius 3 is 2.70 bits per heavy atom. The van der Waals surface area contributed by atoms with Crippen LogP contribution in [0, 0.1) is 5.82 Å². The molecule has 0 saturated carbocycles. The second-order valence-corrected chi connectivity index (χ2v) is 5.65. The third-order valence-corrected chi connectivity index (χ3v) is 3.84. The van der Waals surface area contributed by atoms with Gasteiger partial charge in [-0.25, -0.2) is 19.3 Å². The third kappa shape index (κ3) is 3.55. The van der Waals surface area contributed by atoms with Crippen LogP contribution in [-0.4, -0.2) is 31.3 Å². The predicted molar refractivity (Wildman–Crippen MR) is 95.4 cm³/mol. The van der Waals surface area contributed by atoms with Gasteiger partial charge in [0.25, 0.3) is 0 Å². The largest absolute Gasteiger partial charge is 0.464 e. The van der Waals surface area contributed by atoms with Crippen molar-refractivity contribution >= 4 is 0 Å². The fourth-order valence-electron chi connectivity index (χ4n) is 2.62. The Bertz CT molecular complexity index is 1050. The van der Waals surface area contributed by atoms with Crippen LogP contribution < -0.4 is 4.74 Å². The fraction of sp³-hybridized carbons (Fsp3) is 0.158. The Hall–Kier alpha value is -3.55. The van der Waals surface area contributed by atoms with Crippen LogP contribution in [-0.2, 0) is 6.54 Å². The lowest BCUT2D eigenvalue weighted by molar-refractivity contribution is 0.260. The molecule has 8 heteroatoms. The Labute approximate surface area is 154 Å². The van der Waals surface area contributed by atoms with E-state index in [1.54, 1.807) is 47.4 Å². The molecular weight excluding hydrogens is 349 g/mol. The molecule has 0 saturated heterocycles. The average molecular weight is 365 g/mol. The van der Waals surface area contributed by atoms with E-state index in [2.05, 4.69) is 20.1 Å². The summed E-state index contributed by atoms with van der Waals surface area (Å²) in [5.41, 5.74) is 1.61. The summed E-state index contributed by atoms with van der Waals surface area (Å²) in [5, 5.41) is 4.53. The molecule has 3 heterocycles. The van der Waals surface area contributed by atoms with Gasteiger partial charge in [-0.3, -0.25) is 4.68 Å². The van der Waals surface area contributed by atoms with Gasteiger partial charge in [0, 0.05) is 24.0 Å². The molecule has 0 atom stereocenters. The lowest BCUT2D eigenvalue weighted by Gasteiger charge is -2.06. The van der Waals surface area contributed by atoms with E-state index in [-0.39, 0.29) is 12.4 Å². The van der Waals surface area contributed by atoms with E-state index in [1.165, 1.54) is 12.3 Å². The van der Waals surface area contributed by atoms with Crippen molar-refractivity contribution in [2.75, 3.05) is 6.61 Å². The molecule has 4 aromatic rings. The van der Waals surface area contributed by atoms with Gasteiger partial charge in [0.2, 0.25) is 5.89 Å². The van der Waals surface area contributed by atoms with Gasteiger partial charge in [0.1, 0.15) is 23.4 Å². The van der Waals surface area contributed by atoms with Crippen LogP contribution in [0.5, 0.6) is 5.95 Å². The average Bonchev–Trinajstić information content (AvgIpc) is 3.32. The van der Waals surface area contributed by atoms with Crippen LogP contribution in [0.15, 0.2) is 59.4 Å². The van der Waals surface area contributed by atoms with Crippen molar-refractivity contribution in [1.82, 2.24) is 24.7 Å². The number of hydrogen-bond acceptors (Lipinski definition) is 6. The van der Waals surface area contributed by atoms with Crippen molar-refractivity contribution in [3.8, 4) is 29.0 Å². The first-order chi connectivity index (χ1) is 13.2. The molecule has 0 spiro atoms. The maximum atomic E-state index is 14.1. The SMILES string of the molecule is CCOc1cnc(-c2cc(-c3ncccn3)nn2Cc2ccccc2F)o1. The molecule has 1 aromatic carbocycles. The maximum Gasteiger partial charge on any atom is 0.305 e. The van der Waals surface area contributed by atoms with Crippen LogP contribution in [0.1, 0.15) is 12.5 Å². The molecule has 0 bridgehead atoms. The summed E-state index contributed by atoms with van der Waals surface area (Å²) in [6, 6.07) is 10.0. The number of ether oxygens (including phenoxy) is 1. The van der Waals surface area contributed by atoms with E-state index < -0.39 is 0 Å². The summed E-state index contributed by atoms with van der Waals surface area (Å²) in [5.74, 6) is 0.787. The van der Waals surface area contributed by atoms with Crippen molar-refractivity contribution < 1.29 is 13.5 Å². The molecule has 0 radical (unpaired) electrons. The van der Waals surface area contributed by atoms with Gasteiger partial charge in [0.15, 0.2) is 5.82 Å². The summed E-state index contributed by atoms with van der Waals surface area (Å²) >= 11 is 0. The summed E-state index contributed by atoms with van der Waals surface area (Å²) < 4.78 is 26.7. The summed E-state index contributed by atoms with van der Waals surface area (Å²) in [4.78, 5) is 12.7. The number of nitrogens with zero attached hydrogens (tertiary/aromatic N) is 5. The molecule has 0 amide bonds. The second kappa shape index (κ2) is 7.36. The smallest absolute Gasteiger partial charge is 0.305 e. The summed E-state index contributed by atoms with van der Waals surface area (Å²) in [7, 11) is 0. The van der Waals surface area contributed by atoms with Crippen molar-refractivity contribution in [2.24, 2.45) is 0 Å². The highest BCUT2D eigenvalue weighted by Gasteiger charge is 2.18. The zero-order valence-corrected chi connectivity index (χ0v) is 14.5. The van der Waals surface area contributed by atoms with Crippen LogP contribution in [0.25, 0.3) is 23.1 Å². The highest BCUT2D eigenvalue weighted by atomic mass is 19.1. The first kappa shape index (κ1) is 16.9. The molecule has 27 heavy (non-hydrogen) atoms. The zero-order valence-electron chi connectivity index (χ0n) is 14.5. The Balaban J connectivity index is 1.77. The number of rotatable bonds is 6. The predicted octanol–water partition coefficient (Wildman–Crippen LogP) is 3.58. The molecule has 0 N–H and O–H groups in total. The molecule has 0 unspecified atom stereocenters. The number of oxazole rings is 1. The number of halogens is 1. The first-order valence-corrected chi connectivity index (χ1v) is 8.42. The van der Waals surface area contributed by atoms with E-state index in [0.717, 1.165) is 0 Å². The molecule has 0 fully saturated rings. The minimum absolute atomic E-state index is 0.210. The summed E-state index contributed by atoms with van der Waals surface area (Å²) in [6.45, 7) is 2.53. The normalized spacial score (nSPS) is 10.9. The van der Waals surface area contributed by atoms with Crippen molar-refractivity contribution in [3.63, 3.8) is 0 Å².